The van der Waals surface area contributed by atoms with Gasteiger partial charge in [0.25, 0.3) is 0 Å². The number of methoxy groups -OCH3 is 1. The molecule has 1 unspecified atom stereocenters. The summed E-state index contributed by atoms with van der Waals surface area (Å²) in [7, 11) is 1.30. The zero-order valence-electron chi connectivity index (χ0n) is 15.6. The second kappa shape index (κ2) is 7.66. The molecular formula is C20H26FNO4. The number of fused-ring (bicyclic) bond motifs is 1. The average Bonchev–Trinajstić information content (AvgIpc) is 2.60. The molecule has 2 aliphatic heterocycles. The van der Waals surface area contributed by atoms with E-state index in [9.17, 15) is 9.18 Å². The third-order valence-corrected chi connectivity index (χ3v) is 5.22. The quantitative estimate of drug-likeness (QED) is 0.759. The van der Waals surface area contributed by atoms with Crippen LogP contribution in [0.2, 0.25) is 0 Å². The van der Waals surface area contributed by atoms with Crippen LogP contribution in [-0.2, 0) is 15.9 Å². The van der Waals surface area contributed by atoms with Gasteiger partial charge < -0.3 is 14.2 Å². The lowest BCUT2D eigenvalue weighted by Crippen LogP contribution is -2.44. The zero-order valence-corrected chi connectivity index (χ0v) is 15.6. The molecule has 5 nitrogen and oxygen atoms in total. The largest absolute Gasteiger partial charge is 0.513 e. The predicted molar refractivity (Wildman–Crippen MR) is 95.5 cm³/mol. The fourth-order valence-electron chi connectivity index (χ4n) is 3.66. The molecular weight excluding hydrogens is 337 g/mol. The second-order valence-electron chi connectivity index (χ2n) is 7.44. The van der Waals surface area contributed by atoms with Gasteiger partial charge in [0.15, 0.2) is 0 Å². The Morgan fingerprint density at radius 3 is 3.00 bits per heavy atom. The van der Waals surface area contributed by atoms with Crippen molar-refractivity contribution < 1.29 is 23.4 Å². The van der Waals surface area contributed by atoms with E-state index in [2.05, 4.69) is 23.5 Å². The van der Waals surface area contributed by atoms with E-state index in [4.69, 9.17) is 9.47 Å². The molecule has 0 aromatic heterocycles. The Labute approximate surface area is 153 Å². The molecule has 0 fully saturated rings. The van der Waals surface area contributed by atoms with E-state index in [1.165, 1.54) is 13.2 Å². The minimum absolute atomic E-state index is 0.225. The number of carbonyl (C=O) groups excluding carboxylic acids is 1. The highest BCUT2D eigenvalue weighted by Gasteiger charge is 2.37. The van der Waals surface area contributed by atoms with Crippen LogP contribution in [0.3, 0.4) is 0 Å². The predicted octanol–water partition coefficient (Wildman–Crippen LogP) is 3.92. The summed E-state index contributed by atoms with van der Waals surface area (Å²) in [6.07, 6.45) is 3.81. The molecule has 1 aromatic carbocycles. The van der Waals surface area contributed by atoms with Crippen LogP contribution in [0.15, 0.2) is 30.0 Å². The fraction of sp³-hybridized carbons (Fsp3) is 0.550. The van der Waals surface area contributed by atoms with Crippen LogP contribution in [0, 0.1) is 11.7 Å². The molecule has 0 spiro atoms. The van der Waals surface area contributed by atoms with Crippen molar-refractivity contribution in [2.45, 2.75) is 38.7 Å². The second-order valence-corrected chi connectivity index (χ2v) is 7.44. The van der Waals surface area contributed by atoms with Crippen LogP contribution in [0.5, 0.6) is 5.75 Å². The van der Waals surface area contributed by atoms with Crippen molar-refractivity contribution >= 4 is 6.16 Å². The van der Waals surface area contributed by atoms with Gasteiger partial charge in [0.05, 0.1) is 13.7 Å². The van der Waals surface area contributed by atoms with Crippen molar-refractivity contribution in [3.8, 4) is 5.75 Å². The molecule has 0 amide bonds. The summed E-state index contributed by atoms with van der Waals surface area (Å²) in [6.45, 7) is 6.56. The number of benzene rings is 1. The summed E-state index contributed by atoms with van der Waals surface area (Å²) in [6, 6.07) is 4.73. The molecule has 0 bridgehead atoms. The van der Waals surface area contributed by atoms with Gasteiger partial charge in [0.2, 0.25) is 0 Å². The molecule has 2 heterocycles. The van der Waals surface area contributed by atoms with Gasteiger partial charge in [-0.25, -0.2) is 9.18 Å². The highest BCUT2D eigenvalue weighted by atomic mass is 19.1. The van der Waals surface area contributed by atoms with Crippen molar-refractivity contribution in [2.75, 3.05) is 26.7 Å². The van der Waals surface area contributed by atoms with E-state index >= 15 is 0 Å². The van der Waals surface area contributed by atoms with E-state index in [0.29, 0.717) is 12.3 Å². The highest BCUT2D eigenvalue weighted by Crippen LogP contribution is 2.39. The maximum absolute atomic E-state index is 13.5. The Balaban J connectivity index is 1.59. The van der Waals surface area contributed by atoms with Crippen molar-refractivity contribution in [1.29, 1.82) is 0 Å². The third kappa shape index (κ3) is 4.36. The first-order chi connectivity index (χ1) is 12.4. The molecule has 6 heteroatoms. The number of nitrogens with zero attached hydrogens (tertiary/aromatic N) is 1. The van der Waals surface area contributed by atoms with E-state index < -0.39 is 6.16 Å². The van der Waals surface area contributed by atoms with Gasteiger partial charge in [0, 0.05) is 12.5 Å². The molecule has 0 radical (unpaired) electrons. The summed E-state index contributed by atoms with van der Waals surface area (Å²) in [5.74, 6) is 1.47. The topological polar surface area (TPSA) is 48.0 Å². The van der Waals surface area contributed by atoms with Crippen LogP contribution in [0.4, 0.5) is 9.18 Å². The number of hydrogen-bond acceptors (Lipinski definition) is 5. The standard InChI is InChI=1S/C20H26FNO4/c1-20(2)15(11-14-12-16(21)6-7-18(14)26-20)8-10-22-9-4-5-17(13-22)25-19(23)24-3/h5-7,12,15H,4,8-11,13H2,1-3H3. The van der Waals surface area contributed by atoms with Crippen LogP contribution in [0.25, 0.3) is 0 Å². The fourth-order valence-corrected chi connectivity index (χ4v) is 3.66. The lowest BCUT2D eigenvalue weighted by molar-refractivity contribution is 0.0173. The van der Waals surface area contributed by atoms with Gasteiger partial charge in [-0.3, -0.25) is 4.90 Å². The van der Waals surface area contributed by atoms with Gasteiger partial charge >= 0.3 is 6.16 Å². The number of ether oxygens (including phenoxy) is 3. The first-order valence-electron chi connectivity index (χ1n) is 9.02. The van der Waals surface area contributed by atoms with Gasteiger partial charge in [-0.1, -0.05) is 0 Å². The average molecular weight is 363 g/mol. The first kappa shape index (κ1) is 18.7. The van der Waals surface area contributed by atoms with Crippen molar-refractivity contribution in [1.82, 2.24) is 4.90 Å². The smallest absolute Gasteiger partial charge is 0.487 e. The molecule has 0 aliphatic carbocycles. The molecule has 142 valence electrons. The Morgan fingerprint density at radius 2 is 2.23 bits per heavy atom. The van der Waals surface area contributed by atoms with Crippen LogP contribution < -0.4 is 4.74 Å². The van der Waals surface area contributed by atoms with Gasteiger partial charge in [-0.2, -0.15) is 0 Å². The summed E-state index contributed by atoms with van der Waals surface area (Å²) < 4.78 is 29.4. The van der Waals surface area contributed by atoms with Crippen molar-refractivity contribution in [2.24, 2.45) is 5.92 Å². The van der Waals surface area contributed by atoms with Crippen LogP contribution in [-0.4, -0.2) is 43.4 Å². The highest BCUT2D eigenvalue weighted by molar-refractivity contribution is 5.61. The van der Waals surface area contributed by atoms with Crippen molar-refractivity contribution in [3.63, 3.8) is 0 Å². The summed E-state index contributed by atoms with van der Waals surface area (Å²) in [4.78, 5) is 13.5. The molecule has 0 saturated carbocycles. The minimum atomic E-state index is -0.682. The molecule has 1 aromatic rings. The third-order valence-electron chi connectivity index (χ3n) is 5.22. The van der Waals surface area contributed by atoms with Gasteiger partial charge in [0.1, 0.15) is 22.9 Å². The first-order valence-corrected chi connectivity index (χ1v) is 9.02. The summed E-state index contributed by atoms with van der Waals surface area (Å²) in [5, 5.41) is 0. The molecule has 0 N–H and O–H groups in total. The van der Waals surface area contributed by atoms with Crippen LogP contribution in [0.1, 0.15) is 32.3 Å². The lowest BCUT2D eigenvalue weighted by atomic mass is 9.80. The van der Waals surface area contributed by atoms with Crippen molar-refractivity contribution in [3.05, 3.63) is 41.4 Å². The lowest BCUT2D eigenvalue weighted by Gasteiger charge is -2.41. The van der Waals surface area contributed by atoms with E-state index in [-0.39, 0.29) is 17.3 Å². The molecule has 3 rings (SSSR count). The van der Waals surface area contributed by atoms with E-state index in [0.717, 1.165) is 43.7 Å². The maximum Gasteiger partial charge on any atom is 0.513 e. The number of rotatable bonds is 4. The number of halogens is 1. The minimum Gasteiger partial charge on any atom is -0.487 e. The number of carbonyl (C=O) groups is 1. The van der Waals surface area contributed by atoms with E-state index in [1.807, 2.05) is 6.08 Å². The van der Waals surface area contributed by atoms with Gasteiger partial charge in [-0.15, -0.1) is 0 Å². The summed E-state index contributed by atoms with van der Waals surface area (Å²) >= 11 is 0. The SMILES string of the molecule is COC(=O)OC1=CCCN(CCC2Cc3cc(F)ccc3OC2(C)C)C1. The summed E-state index contributed by atoms with van der Waals surface area (Å²) in [5.41, 5.74) is 0.629. The normalized spacial score (nSPS) is 22.0. The van der Waals surface area contributed by atoms with Crippen LogP contribution >= 0.6 is 0 Å². The van der Waals surface area contributed by atoms with E-state index in [1.54, 1.807) is 12.1 Å². The Bertz CT molecular complexity index is 701. The maximum atomic E-state index is 13.5. The molecule has 2 aliphatic rings. The molecule has 0 saturated heterocycles. The molecule has 26 heavy (non-hydrogen) atoms. The Hall–Kier alpha value is -2.08. The monoisotopic (exact) mass is 363 g/mol. The van der Waals surface area contributed by atoms with Gasteiger partial charge in [-0.05, 0) is 69.5 Å². The molecule has 1 atom stereocenters. The number of hydrogen-bond donors (Lipinski definition) is 0. The zero-order chi connectivity index (χ0) is 18.7. The Morgan fingerprint density at radius 1 is 1.42 bits per heavy atom. The Kier molecular flexibility index (Phi) is 5.51.